The number of phenolic OH excluding ortho intramolecular Hbond substituents is 1. The standard InChI is InChI=1S/C26H21NO4/c1-3-16-8-10-18(11-9-16)27-23(17-5-4-6-19(28)14-17)22-24(29)20-13-15(2)7-12-21(20)31-25(22)26(27)30/h4-14,23,28H,3H2,1-2H3. The Hall–Kier alpha value is -3.86. The molecule has 1 aliphatic heterocycles. The fourth-order valence-electron chi connectivity index (χ4n) is 4.26. The molecule has 0 saturated heterocycles. The van der Waals surface area contributed by atoms with E-state index in [2.05, 4.69) is 6.92 Å². The first-order valence-electron chi connectivity index (χ1n) is 10.3. The third kappa shape index (κ3) is 3.01. The maximum Gasteiger partial charge on any atom is 0.295 e. The van der Waals surface area contributed by atoms with Crippen molar-refractivity contribution in [2.24, 2.45) is 0 Å². The van der Waals surface area contributed by atoms with Crippen LogP contribution in [0.4, 0.5) is 5.69 Å². The summed E-state index contributed by atoms with van der Waals surface area (Å²) in [6.07, 6.45) is 0.884. The first-order chi connectivity index (χ1) is 15.0. The molecule has 0 aliphatic carbocycles. The summed E-state index contributed by atoms with van der Waals surface area (Å²) < 4.78 is 5.98. The predicted molar refractivity (Wildman–Crippen MR) is 120 cm³/mol. The van der Waals surface area contributed by atoms with Gasteiger partial charge < -0.3 is 9.52 Å². The highest BCUT2D eigenvalue weighted by Crippen LogP contribution is 2.41. The van der Waals surface area contributed by atoms with Crippen LogP contribution in [-0.2, 0) is 6.42 Å². The highest BCUT2D eigenvalue weighted by atomic mass is 16.3. The summed E-state index contributed by atoms with van der Waals surface area (Å²) in [7, 11) is 0. The van der Waals surface area contributed by atoms with Gasteiger partial charge in [0.2, 0.25) is 5.76 Å². The highest BCUT2D eigenvalue weighted by molar-refractivity contribution is 6.10. The first kappa shape index (κ1) is 19.1. The fourth-order valence-corrected chi connectivity index (χ4v) is 4.26. The van der Waals surface area contributed by atoms with Gasteiger partial charge in [-0.15, -0.1) is 0 Å². The van der Waals surface area contributed by atoms with Gasteiger partial charge in [-0.3, -0.25) is 14.5 Å². The molecule has 0 fully saturated rings. The van der Waals surface area contributed by atoms with Gasteiger partial charge in [0.1, 0.15) is 11.3 Å². The van der Waals surface area contributed by atoms with Gasteiger partial charge in [-0.2, -0.15) is 0 Å². The second kappa shape index (κ2) is 7.13. The second-order valence-corrected chi connectivity index (χ2v) is 7.87. The Kier molecular flexibility index (Phi) is 4.40. The molecule has 1 N–H and O–H groups in total. The number of carbonyl (C=O) groups is 1. The number of aryl methyl sites for hydroxylation is 2. The van der Waals surface area contributed by atoms with Crippen LogP contribution in [0.2, 0.25) is 0 Å². The topological polar surface area (TPSA) is 70.8 Å². The minimum Gasteiger partial charge on any atom is -0.508 e. The lowest BCUT2D eigenvalue weighted by atomic mass is 9.97. The van der Waals surface area contributed by atoms with Crippen LogP contribution in [0.3, 0.4) is 0 Å². The molecule has 1 amide bonds. The van der Waals surface area contributed by atoms with Gasteiger partial charge in [0, 0.05) is 5.69 Å². The summed E-state index contributed by atoms with van der Waals surface area (Å²) in [5, 5.41) is 10.5. The lowest BCUT2D eigenvalue weighted by Gasteiger charge is -2.25. The molecule has 1 unspecified atom stereocenters. The van der Waals surface area contributed by atoms with Crippen molar-refractivity contribution >= 4 is 22.6 Å². The van der Waals surface area contributed by atoms with Crippen molar-refractivity contribution < 1.29 is 14.3 Å². The molecule has 1 aromatic heterocycles. The number of phenols is 1. The van der Waals surface area contributed by atoms with Crippen molar-refractivity contribution in [3.8, 4) is 5.75 Å². The van der Waals surface area contributed by atoms with Crippen LogP contribution in [0.25, 0.3) is 11.0 Å². The number of benzene rings is 3. The lowest BCUT2D eigenvalue weighted by Crippen LogP contribution is -2.29. The molecule has 2 heterocycles. The van der Waals surface area contributed by atoms with Gasteiger partial charge in [0.25, 0.3) is 5.91 Å². The van der Waals surface area contributed by atoms with Crippen molar-refractivity contribution in [3.63, 3.8) is 0 Å². The number of carbonyl (C=O) groups excluding carboxylic acids is 1. The smallest absolute Gasteiger partial charge is 0.295 e. The number of amides is 1. The average molecular weight is 411 g/mol. The molecule has 5 heteroatoms. The van der Waals surface area contributed by atoms with E-state index in [1.165, 1.54) is 0 Å². The number of fused-ring (bicyclic) bond motifs is 2. The van der Waals surface area contributed by atoms with Gasteiger partial charge >= 0.3 is 0 Å². The van der Waals surface area contributed by atoms with Crippen LogP contribution in [-0.4, -0.2) is 11.0 Å². The van der Waals surface area contributed by atoms with Crippen molar-refractivity contribution in [3.05, 3.63) is 105 Å². The molecule has 5 nitrogen and oxygen atoms in total. The van der Waals surface area contributed by atoms with Crippen LogP contribution in [0, 0.1) is 6.92 Å². The van der Waals surface area contributed by atoms with E-state index in [-0.39, 0.29) is 22.8 Å². The molecular formula is C26H21NO4. The Morgan fingerprint density at radius 2 is 1.77 bits per heavy atom. The van der Waals surface area contributed by atoms with E-state index in [4.69, 9.17) is 4.42 Å². The quantitative estimate of drug-likeness (QED) is 0.508. The van der Waals surface area contributed by atoms with Crippen LogP contribution < -0.4 is 10.3 Å². The normalized spacial score (nSPS) is 15.5. The van der Waals surface area contributed by atoms with E-state index >= 15 is 0 Å². The number of hydrogen-bond acceptors (Lipinski definition) is 4. The second-order valence-electron chi connectivity index (χ2n) is 7.87. The summed E-state index contributed by atoms with van der Waals surface area (Å²) in [6.45, 7) is 3.98. The monoisotopic (exact) mass is 411 g/mol. The largest absolute Gasteiger partial charge is 0.508 e. The van der Waals surface area contributed by atoms with Gasteiger partial charge in [0.05, 0.1) is 17.0 Å². The van der Waals surface area contributed by atoms with Gasteiger partial charge in [-0.1, -0.05) is 42.8 Å². The SMILES string of the molecule is CCc1ccc(N2C(=O)c3oc4ccc(C)cc4c(=O)c3C2c2cccc(O)c2)cc1. The van der Waals surface area contributed by atoms with Gasteiger partial charge in [-0.05, 0) is 60.9 Å². The van der Waals surface area contributed by atoms with E-state index in [0.717, 1.165) is 17.5 Å². The number of anilines is 1. The van der Waals surface area contributed by atoms with Crippen molar-refractivity contribution in [1.29, 1.82) is 0 Å². The third-order valence-corrected chi connectivity index (χ3v) is 5.83. The summed E-state index contributed by atoms with van der Waals surface area (Å²) in [4.78, 5) is 28.7. The minimum absolute atomic E-state index is 0.0502. The lowest BCUT2D eigenvalue weighted by molar-refractivity contribution is 0.0971. The molecular weight excluding hydrogens is 390 g/mol. The zero-order chi connectivity index (χ0) is 21.7. The molecule has 1 aliphatic rings. The van der Waals surface area contributed by atoms with E-state index in [9.17, 15) is 14.7 Å². The van der Waals surface area contributed by atoms with E-state index in [1.807, 2.05) is 37.3 Å². The van der Waals surface area contributed by atoms with E-state index in [0.29, 0.717) is 27.8 Å². The van der Waals surface area contributed by atoms with Crippen LogP contribution in [0.15, 0.2) is 75.9 Å². The zero-order valence-electron chi connectivity index (χ0n) is 17.3. The maximum absolute atomic E-state index is 13.6. The molecule has 31 heavy (non-hydrogen) atoms. The third-order valence-electron chi connectivity index (χ3n) is 5.83. The molecule has 1 atom stereocenters. The van der Waals surface area contributed by atoms with Crippen LogP contribution in [0.1, 0.15) is 45.8 Å². The number of hydrogen-bond donors (Lipinski definition) is 1. The van der Waals surface area contributed by atoms with Crippen LogP contribution in [0.5, 0.6) is 5.75 Å². The first-order valence-corrected chi connectivity index (χ1v) is 10.3. The Bertz CT molecular complexity index is 1390. The number of nitrogens with zero attached hydrogens (tertiary/aromatic N) is 1. The number of rotatable bonds is 3. The predicted octanol–water partition coefficient (Wildman–Crippen LogP) is 5.12. The highest BCUT2D eigenvalue weighted by Gasteiger charge is 2.43. The van der Waals surface area contributed by atoms with E-state index in [1.54, 1.807) is 41.3 Å². The molecule has 3 aromatic carbocycles. The van der Waals surface area contributed by atoms with Crippen molar-refractivity contribution in [2.45, 2.75) is 26.3 Å². The minimum atomic E-state index is -0.691. The van der Waals surface area contributed by atoms with Crippen molar-refractivity contribution in [2.75, 3.05) is 4.90 Å². The maximum atomic E-state index is 13.6. The summed E-state index contributed by atoms with van der Waals surface area (Å²) in [5.41, 5.74) is 3.86. The van der Waals surface area contributed by atoms with Crippen molar-refractivity contribution in [1.82, 2.24) is 0 Å². The molecule has 5 rings (SSSR count). The molecule has 0 radical (unpaired) electrons. The Morgan fingerprint density at radius 1 is 1.00 bits per heavy atom. The molecule has 0 bridgehead atoms. The molecule has 0 spiro atoms. The summed E-state index contributed by atoms with van der Waals surface area (Å²) in [6, 6.07) is 19.0. The van der Waals surface area contributed by atoms with E-state index < -0.39 is 6.04 Å². The fraction of sp³-hybridized carbons (Fsp3) is 0.154. The zero-order valence-corrected chi connectivity index (χ0v) is 17.3. The summed E-state index contributed by atoms with van der Waals surface area (Å²) in [5.74, 6) is -0.248. The van der Waals surface area contributed by atoms with Gasteiger partial charge in [-0.25, -0.2) is 0 Å². The Morgan fingerprint density at radius 3 is 2.48 bits per heavy atom. The van der Waals surface area contributed by atoms with Crippen LogP contribution >= 0.6 is 0 Å². The molecule has 4 aromatic rings. The van der Waals surface area contributed by atoms with Gasteiger partial charge in [0.15, 0.2) is 5.43 Å². The summed E-state index contributed by atoms with van der Waals surface area (Å²) >= 11 is 0. The average Bonchev–Trinajstić information content (AvgIpc) is 3.07. The Labute approximate surface area is 179 Å². The molecule has 154 valence electrons. The molecule has 0 saturated carbocycles. The number of aromatic hydroxyl groups is 1. The Balaban J connectivity index is 1.80.